The number of rotatable bonds is 4. The predicted octanol–water partition coefficient (Wildman–Crippen LogP) is 2.14. The van der Waals surface area contributed by atoms with Gasteiger partial charge in [-0.15, -0.1) is 6.58 Å². The molecule has 3 heteroatoms. The molecule has 1 N–H and O–H groups in total. The van der Waals surface area contributed by atoms with Crippen LogP contribution >= 0.6 is 0 Å². The molecule has 3 nitrogen and oxygen atoms in total. The zero-order valence-corrected chi connectivity index (χ0v) is 8.41. The minimum absolute atomic E-state index is 0.0364. The third-order valence-corrected chi connectivity index (χ3v) is 1.96. The van der Waals surface area contributed by atoms with Gasteiger partial charge in [-0.05, 0) is 12.5 Å². The molecule has 0 aliphatic heterocycles. The highest BCUT2D eigenvalue weighted by atomic mass is 16.5. The van der Waals surface area contributed by atoms with Gasteiger partial charge in [0, 0.05) is 5.56 Å². The largest absolute Gasteiger partial charge is 0.502 e. The zero-order valence-electron chi connectivity index (χ0n) is 8.41. The highest BCUT2D eigenvalue weighted by Crippen LogP contribution is 2.38. The van der Waals surface area contributed by atoms with Crippen molar-refractivity contribution in [1.29, 1.82) is 0 Å². The first-order valence-corrected chi connectivity index (χ1v) is 4.28. The van der Waals surface area contributed by atoms with Crippen LogP contribution in [0.2, 0.25) is 0 Å². The molecule has 1 aromatic rings. The van der Waals surface area contributed by atoms with Gasteiger partial charge in [0.1, 0.15) is 0 Å². The summed E-state index contributed by atoms with van der Waals surface area (Å²) < 4.78 is 10.1. The van der Waals surface area contributed by atoms with Gasteiger partial charge in [0.25, 0.3) is 0 Å². The normalized spacial score (nSPS) is 9.57. The molecule has 0 atom stereocenters. The second-order valence-corrected chi connectivity index (χ2v) is 2.80. The molecule has 0 amide bonds. The number of aromatic hydroxyl groups is 1. The molecule has 0 fully saturated rings. The molecule has 0 saturated carbocycles. The van der Waals surface area contributed by atoms with Crippen LogP contribution in [-0.2, 0) is 6.42 Å². The topological polar surface area (TPSA) is 38.7 Å². The van der Waals surface area contributed by atoms with Crippen molar-refractivity contribution < 1.29 is 14.6 Å². The van der Waals surface area contributed by atoms with Crippen molar-refractivity contribution in [2.24, 2.45) is 0 Å². The Morgan fingerprint density at radius 2 is 2.07 bits per heavy atom. The van der Waals surface area contributed by atoms with E-state index in [1.54, 1.807) is 12.1 Å². The van der Waals surface area contributed by atoms with Crippen molar-refractivity contribution in [2.45, 2.75) is 6.42 Å². The number of methoxy groups -OCH3 is 2. The lowest BCUT2D eigenvalue weighted by Gasteiger charge is -2.11. The monoisotopic (exact) mass is 194 g/mol. The summed E-state index contributed by atoms with van der Waals surface area (Å²) in [7, 11) is 3.02. The van der Waals surface area contributed by atoms with Crippen LogP contribution in [0.4, 0.5) is 0 Å². The van der Waals surface area contributed by atoms with E-state index in [9.17, 15) is 5.11 Å². The van der Waals surface area contributed by atoms with Gasteiger partial charge in [-0.25, -0.2) is 0 Å². The number of hydrogen-bond acceptors (Lipinski definition) is 3. The van der Waals surface area contributed by atoms with Gasteiger partial charge >= 0.3 is 0 Å². The number of phenols is 1. The smallest absolute Gasteiger partial charge is 0.201 e. The van der Waals surface area contributed by atoms with Crippen LogP contribution < -0.4 is 9.47 Å². The Bertz CT molecular complexity index is 332. The molecule has 0 saturated heterocycles. The van der Waals surface area contributed by atoms with Crippen molar-refractivity contribution in [3.05, 3.63) is 30.4 Å². The maximum Gasteiger partial charge on any atom is 0.201 e. The number of phenolic OH excluding ortho intramolecular Hbond substituents is 1. The van der Waals surface area contributed by atoms with Crippen molar-refractivity contribution in [3.63, 3.8) is 0 Å². The van der Waals surface area contributed by atoms with Crippen LogP contribution in [0.15, 0.2) is 24.8 Å². The maximum absolute atomic E-state index is 9.71. The summed E-state index contributed by atoms with van der Waals surface area (Å²) in [4.78, 5) is 0. The van der Waals surface area contributed by atoms with Crippen LogP contribution in [0.25, 0.3) is 0 Å². The minimum atomic E-state index is 0.0364. The van der Waals surface area contributed by atoms with Gasteiger partial charge in [-0.1, -0.05) is 12.1 Å². The third-order valence-electron chi connectivity index (χ3n) is 1.96. The van der Waals surface area contributed by atoms with Crippen LogP contribution in [0, 0.1) is 0 Å². The molecule has 0 aliphatic carbocycles. The lowest BCUT2D eigenvalue weighted by Crippen LogP contribution is -1.93. The summed E-state index contributed by atoms with van der Waals surface area (Å²) in [5.41, 5.74) is 0.890. The van der Waals surface area contributed by atoms with E-state index < -0.39 is 0 Å². The summed E-state index contributed by atoms with van der Waals surface area (Å²) in [6.07, 6.45) is 2.41. The zero-order chi connectivity index (χ0) is 10.6. The first-order chi connectivity index (χ1) is 6.74. The molecule has 14 heavy (non-hydrogen) atoms. The molecule has 0 radical (unpaired) electrons. The van der Waals surface area contributed by atoms with Crippen LogP contribution in [0.3, 0.4) is 0 Å². The first-order valence-electron chi connectivity index (χ1n) is 4.28. The fourth-order valence-electron chi connectivity index (χ4n) is 1.30. The Labute approximate surface area is 83.6 Å². The number of hydrogen-bond donors (Lipinski definition) is 1. The Morgan fingerprint density at radius 1 is 1.36 bits per heavy atom. The van der Waals surface area contributed by atoms with Gasteiger partial charge in [0.15, 0.2) is 11.5 Å². The van der Waals surface area contributed by atoms with Crippen molar-refractivity contribution in [1.82, 2.24) is 0 Å². The van der Waals surface area contributed by atoms with Crippen LogP contribution in [0.5, 0.6) is 17.2 Å². The Hall–Kier alpha value is -1.64. The highest BCUT2D eigenvalue weighted by Gasteiger charge is 2.12. The van der Waals surface area contributed by atoms with E-state index in [1.165, 1.54) is 14.2 Å². The van der Waals surface area contributed by atoms with E-state index in [2.05, 4.69) is 6.58 Å². The van der Waals surface area contributed by atoms with Crippen molar-refractivity contribution >= 4 is 0 Å². The van der Waals surface area contributed by atoms with E-state index in [4.69, 9.17) is 9.47 Å². The SMILES string of the molecule is C=CCc1ccc(OC)c(O)c1OC. The summed E-state index contributed by atoms with van der Waals surface area (Å²) in [6.45, 7) is 3.64. The van der Waals surface area contributed by atoms with Crippen molar-refractivity contribution in [3.8, 4) is 17.2 Å². The van der Waals surface area contributed by atoms with Crippen LogP contribution in [-0.4, -0.2) is 19.3 Å². The summed E-state index contributed by atoms with van der Waals surface area (Å²) >= 11 is 0. The van der Waals surface area contributed by atoms with Crippen molar-refractivity contribution in [2.75, 3.05) is 14.2 Å². The molecular formula is C11H14O3. The molecular weight excluding hydrogens is 180 g/mol. The van der Waals surface area contributed by atoms with E-state index in [1.807, 2.05) is 6.07 Å². The molecule has 0 unspecified atom stereocenters. The fourth-order valence-corrected chi connectivity index (χ4v) is 1.30. The van der Waals surface area contributed by atoms with Gasteiger partial charge < -0.3 is 14.6 Å². The highest BCUT2D eigenvalue weighted by molar-refractivity contribution is 5.55. The Morgan fingerprint density at radius 3 is 2.57 bits per heavy atom. The van der Waals surface area contributed by atoms with Gasteiger partial charge in [0.2, 0.25) is 5.75 Å². The lowest BCUT2D eigenvalue weighted by molar-refractivity contribution is 0.338. The quantitative estimate of drug-likeness (QED) is 0.746. The maximum atomic E-state index is 9.71. The number of benzene rings is 1. The first kappa shape index (κ1) is 10.4. The van der Waals surface area contributed by atoms with E-state index in [-0.39, 0.29) is 5.75 Å². The second kappa shape index (κ2) is 4.56. The molecule has 0 heterocycles. The summed E-state index contributed by atoms with van der Waals surface area (Å²) in [5.74, 6) is 0.897. The van der Waals surface area contributed by atoms with Gasteiger partial charge in [0.05, 0.1) is 14.2 Å². The molecule has 0 bridgehead atoms. The molecule has 1 aromatic carbocycles. The Kier molecular flexibility index (Phi) is 3.40. The third kappa shape index (κ3) is 1.82. The minimum Gasteiger partial charge on any atom is -0.502 e. The molecule has 0 aromatic heterocycles. The van der Waals surface area contributed by atoms with E-state index >= 15 is 0 Å². The molecule has 0 aliphatic rings. The molecule has 1 rings (SSSR count). The summed E-state index contributed by atoms with van der Waals surface area (Å²) in [6, 6.07) is 3.55. The average Bonchev–Trinajstić information content (AvgIpc) is 2.19. The second-order valence-electron chi connectivity index (χ2n) is 2.80. The predicted molar refractivity (Wildman–Crippen MR) is 55.1 cm³/mol. The lowest BCUT2D eigenvalue weighted by atomic mass is 10.1. The summed E-state index contributed by atoms with van der Waals surface area (Å²) in [5, 5.41) is 9.71. The standard InChI is InChI=1S/C11H14O3/c1-4-5-8-6-7-9(13-2)10(12)11(8)14-3/h4,6-7,12H,1,5H2,2-3H3. The molecule has 76 valence electrons. The number of allylic oxidation sites excluding steroid dienone is 1. The van der Waals surface area contributed by atoms with Gasteiger partial charge in [-0.3, -0.25) is 0 Å². The average molecular weight is 194 g/mol. The van der Waals surface area contributed by atoms with E-state index in [0.29, 0.717) is 17.9 Å². The number of ether oxygens (including phenoxy) is 2. The fraction of sp³-hybridized carbons (Fsp3) is 0.273. The van der Waals surface area contributed by atoms with Gasteiger partial charge in [-0.2, -0.15) is 0 Å². The Balaban J connectivity index is 3.20. The van der Waals surface area contributed by atoms with Crippen LogP contribution in [0.1, 0.15) is 5.56 Å². The molecule has 0 spiro atoms. The van der Waals surface area contributed by atoms with E-state index in [0.717, 1.165) is 5.56 Å².